The van der Waals surface area contributed by atoms with E-state index in [1.165, 1.54) is 13.8 Å². The zero-order valence-corrected chi connectivity index (χ0v) is 6.15. The van der Waals surface area contributed by atoms with Gasteiger partial charge < -0.3 is 4.79 Å². The molecular formula is C7H13FO. The SMILES string of the molecule is CCC(C=O)C(C)(C)F. The topological polar surface area (TPSA) is 17.1 Å². The fourth-order valence-electron chi connectivity index (χ4n) is 0.743. The predicted octanol–water partition coefficient (Wildman–Crippen LogP) is 1.96. The summed E-state index contributed by atoms with van der Waals surface area (Å²) >= 11 is 0. The van der Waals surface area contributed by atoms with Gasteiger partial charge >= 0.3 is 0 Å². The molecule has 0 aromatic heterocycles. The van der Waals surface area contributed by atoms with Crippen molar-refractivity contribution in [3.63, 3.8) is 0 Å². The van der Waals surface area contributed by atoms with Crippen LogP contribution in [0.1, 0.15) is 27.2 Å². The summed E-state index contributed by atoms with van der Waals surface area (Å²) in [5.41, 5.74) is -1.35. The molecule has 0 bridgehead atoms. The third-order valence-corrected chi connectivity index (χ3v) is 1.49. The van der Waals surface area contributed by atoms with Gasteiger partial charge in [-0.25, -0.2) is 4.39 Å². The van der Waals surface area contributed by atoms with Crippen LogP contribution in [0.5, 0.6) is 0 Å². The molecule has 1 nitrogen and oxygen atoms in total. The summed E-state index contributed by atoms with van der Waals surface area (Å²) in [6.07, 6.45) is 1.26. The van der Waals surface area contributed by atoms with E-state index in [9.17, 15) is 9.18 Å². The molecule has 0 aromatic carbocycles. The van der Waals surface area contributed by atoms with Crippen LogP contribution in [-0.4, -0.2) is 12.0 Å². The summed E-state index contributed by atoms with van der Waals surface area (Å²) in [7, 11) is 0. The number of aldehydes is 1. The van der Waals surface area contributed by atoms with Crippen LogP contribution in [0.3, 0.4) is 0 Å². The minimum Gasteiger partial charge on any atom is -0.303 e. The number of carbonyl (C=O) groups excluding carboxylic acids is 1. The molecule has 0 fully saturated rings. The van der Waals surface area contributed by atoms with E-state index in [0.717, 1.165) is 0 Å². The zero-order valence-electron chi connectivity index (χ0n) is 6.15. The van der Waals surface area contributed by atoms with E-state index in [1.54, 1.807) is 6.92 Å². The molecule has 0 saturated carbocycles. The first-order chi connectivity index (χ1) is 4.02. The quantitative estimate of drug-likeness (QED) is 0.536. The van der Waals surface area contributed by atoms with E-state index < -0.39 is 11.6 Å². The summed E-state index contributed by atoms with van der Waals surface area (Å²) < 4.78 is 12.8. The molecule has 0 aliphatic rings. The van der Waals surface area contributed by atoms with E-state index >= 15 is 0 Å². The lowest BCUT2D eigenvalue weighted by molar-refractivity contribution is -0.114. The van der Waals surface area contributed by atoms with Crippen molar-refractivity contribution in [3.8, 4) is 0 Å². The fraction of sp³-hybridized carbons (Fsp3) is 0.857. The third-order valence-electron chi connectivity index (χ3n) is 1.49. The molecule has 0 amide bonds. The summed E-state index contributed by atoms with van der Waals surface area (Å²) in [5.74, 6) is -0.447. The minimum absolute atomic E-state index is 0.447. The molecular weight excluding hydrogens is 119 g/mol. The summed E-state index contributed by atoms with van der Waals surface area (Å²) in [6.45, 7) is 4.66. The number of halogens is 1. The van der Waals surface area contributed by atoms with Crippen molar-refractivity contribution in [1.82, 2.24) is 0 Å². The van der Waals surface area contributed by atoms with Crippen molar-refractivity contribution in [3.05, 3.63) is 0 Å². The Kier molecular flexibility index (Phi) is 2.82. The van der Waals surface area contributed by atoms with Gasteiger partial charge in [-0.3, -0.25) is 0 Å². The highest BCUT2D eigenvalue weighted by Gasteiger charge is 2.26. The average Bonchev–Trinajstić information content (AvgIpc) is 1.65. The highest BCUT2D eigenvalue weighted by atomic mass is 19.1. The first-order valence-electron chi connectivity index (χ1n) is 3.16. The maximum atomic E-state index is 12.8. The molecule has 0 radical (unpaired) electrons. The van der Waals surface area contributed by atoms with Crippen molar-refractivity contribution < 1.29 is 9.18 Å². The number of hydrogen-bond acceptors (Lipinski definition) is 1. The van der Waals surface area contributed by atoms with Crippen molar-refractivity contribution in [2.24, 2.45) is 5.92 Å². The molecule has 1 atom stereocenters. The lowest BCUT2D eigenvalue weighted by Crippen LogP contribution is -2.26. The third kappa shape index (κ3) is 2.59. The normalized spacial score (nSPS) is 15.1. The van der Waals surface area contributed by atoms with Gasteiger partial charge in [-0.2, -0.15) is 0 Å². The van der Waals surface area contributed by atoms with Crippen LogP contribution in [0.25, 0.3) is 0 Å². The molecule has 9 heavy (non-hydrogen) atoms. The molecule has 0 rings (SSSR count). The van der Waals surface area contributed by atoms with E-state index in [2.05, 4.69) is 0 Å². The largest absolute Gasteiger partial charge is 0.303 e. The number of rotatable bonds is 3. The van der Waals surface area contributed by atoms with E-state index in [4.69, 9.17) is 0 Å². The van der Waals surface area contributed by atoms with Gasteiger partial charge in [-0.1, -0.05) is 6.92 Å². The second-order valence-corrected chi connectivity index (χ2v) is 2.72. The molecule has 0 aliphatic heterocycles. The van der Waals surface area contributed by atoms with Gasteiger partial charge in [-0.15, -0.1) is 0 Å². The van der Waals surface area contributed by atoms with Gasteiger partial charge in [0.25, 0.3) is 0 Å². The molecule has 1 unspecified atom stereocenters. The Balaban J connectivity index is 3.94. The van der Waals surface area contributed by atoms with Crippen LogP contribution in [0.4, 0.5) is 4.39 Å². The predicted molar refractivity (Wildman–Crippen MR) is 35.0 cm³/mol. The van der Waals surface area contributed by atoms with Crippen LogP contribution < -0.4 is 0 Å². The second-order valence-electron chi connectivity index (χ2n) is 2.72. The van der Waals surface area contributed by atoms with Gasteiger partial charge in [-0.05, 0) is 20.3 Å². The van der Waals surface area contributed by atoms with Crippen molar-refractivity contribution in [2.45, 2.75) is 32.9 Å². The molecule has 0 aliphatic carbocycles. The van der Waals surface area contributed by atoms with Crippen LogP contribution in [0.2, 0.25) is 0 Å². The molecule has 54 valence electrons. The molecule has 0 N–H and O–H groups in total. The first kappa shape index (κ1) is 8.60. The van der Waals surface area contributed by atoms with Crippen LogP contribution in [0, 0.1) is 5.92 Å². The fourth-order valence-corrected chi connectivity index (χ4v) is 0.743. The van der Waals surface area contributed by atoms with Gasteiger partial charge in [0.05, 0.1) is 0 Å². The average molecular weight is 132 g/mol. The summed E-state index contributed by atoms with van der Waals surface area (Å²) in [6, 6.07) is 0. The van der Waals surface area contributed by atoms with Crippen molar-refractivity contribution >= 4 is 6.29 Å². The second kappa shape index (κ2) is 2.95. The molecule has 0 spiro atoms. The smallest absolute Gasteiger partial charge is 0.126 e. The maximum Gasteiger partial charge on any atom is 0.126 e. The van der Waals surface area contributed by atoms with Crippen LogP contribution in [-0.2, 0) is 4.79 Å². The zero-order chi connectivity index (χ0) is 7.49. The number of alkyl halides is 1. The lowest BCUT2D eigenvalue weighted by atomic mass is 9.92. The lowest BCUT2D eigenvalue weighted by Gasteiger charge is -2.19. The molecule has 0 saturated heterocycles. The van der Waals surface area contributed by atoms with E-state index in [0.29, 0.717) is 12.7 Å². The Labute approximate surface area is 55.3 Å². The van der Waals surface area contributed by atoms with Gasteiger partial charge in [0.1, 0.15) is 12.0 Å². The Hall–Kier alpha value is -0.400. The summed E-state index contributed by atoms with van der Waals surface area (Å²) in [4.78, 5) is 10.1. The van der Waals surface area contributed by atoms with Crippen molar-refractivity contribution in [2.75, 3.05) is 0 Å². The molecule has 2 heteroatoms. The maximum absolute atomic E-state index is 12.8. The molecule has 0 aromatic rings. The van der Waals surface area contributed by atoms with Crippen molar-refractivity contribution in [1.29, 1.82) is 0 Å². The van der Waals surface area contributed by atoms with Gasteiger partial charge in [0.2, 0.25) is 0 Å². The van der Waals surface area contributed by atoms with Crippen LogP contribution >= 0.6 is 0 Å². The minimum atomic E-state index is -1.35. The Morgan fingerprint density at radius 3 is 2.11 bits per heavy atom. The van der Waals surface area contributed by atoms with E-state index in [-0.39, 0.29) is 0 Å². The molecule has 0 heterocycles. The monoisotopic (exact) mass is 132 g/mol. The highest BCUT2D eigenvalue weighted by molar-refractivity contribution is 5.55. The highest BCUT2D eigenvalue weighted by Crippen LogP contribution is 2.21. The first-order valence-corrected chi connectivity index (χ1v) is 3.16. The Morgan fingerprint density at radius 1 is 1.67 bits per heavy atom. The van der Waals surface area contributed by atoms with E-state index in [1.807, 2.05) is 0 Å². The van der Waals surface area contributed by atoms with Gasteiger partial charge in [0.15, 0.2) is 0 Å². The Bertz CT molecular complexity index is 93.6. The number of hydrogen-bond donors (Lipinski definition) is 0. The van der Waals surface area contributed by atoms with Crippen LogP contribution in [0.15, 0.2) is 0 Å². The number of carbonyl (C=O) groups is 1. The summed E-state index contributed by atoms with van der Waals surface area (Å²) in [5, 5.41) is 0. The standard InChI is InChI=1S/C7H13FO/c1-4-6(5-9)7(2,3)8/h5-6H,4H2,1-3H3. The Morgan fingerprint density at radius 2 is 2.11 bits per heavy atom. The van der Waals surface area contributed by atoms with Gasteiger partial charge in [0, 0.05) is 5.92 Å².